The van der Waals surface area contributed by atoms with Crippen LogP contribution in [0.2, 0.25) is 0 Å². The molecule has 0 heterocycles. The maximum absolute atomic E-state index is 11.8. The van der Waals surface area contributed by atoms with E-state index in [1.807, 2.05) is 62.4 Å². The quantitative estimate of drug-likeness (QED) is 0.794. The molecule has 5 heteroatoms. The first kappa shape index (κ1) is 17.5. The Labute approximate surface area is 141 Å². The molecule has 2 aromatic rings. The van der Waals surface area contributed by atoms with Crippen molar-refractivity contribution in [2.75, 3.05) is 13.2 Å². The van der Waals surface area contributed by atoms with Gasteiger partial charge in [-0.25, -0.2) is 4.79 Å². The van der Waals surface area contributed by atoms with Gasteiger partial charge in [-0.05, 0) is 31.0 Å². The molecular formula is C19H21NO4. The molecule has 5 nitrogen and oxygen atoms in total. The van der Waals surface area contributed by atoms with E-state index in [2.05, 4.69) is 5.32 Å². The third-order valence-electron chi connectivity index (χ3n) is 3.48. The lowest BCUT2D eigenvalue weighted by Gasteiger charge is -2.14. The number of rotatable bonds is 7. The predicted octanol–water partition coefficient (Wildman–Crippen LogP) is 2.79. The molecule has 0 fully saturated rings. The number of hydrogen-bond donors (Lipinski definition) is 1. The van der Waals surface area contributed by atoms with E-state index in [4.69, 9.17) is 9.47 Å². The Balaban J connectivity index is 1.71. The van der Waals surface area contributed by atoms with E-state index < -0.39 is 5.97 Å². The van der Waals surface area contributed by atoms with Gasteiger partial charge in [0.05, 0.1) is 6.04 Å². The SMILES string of the molecule is Cc1ccccc1OCC(=O)OCC(=O)N[C@@H](C)c1ccccc1. The van der Waals surface area contributed by atoms with Crippen molar-refractivity contribution in [2.45, 2.75) is 19.9 Å². The van der Waals surface area contributed by atoms with Crippen LogP contribution < -0.4 is 10.1 Å². The third-order valence-corrected chi connectivity index (χ3v) is 3.48. The van der Waals surface area contributed by atoms with Gasteiger partial charge in [0.1, 0.15) is 5.75 Å². The first-order chi connectivity index (χ1) is 11.6. The molecular weight excluding hydrogens is 306 g/mol. The summed E-state index contributed by atoms with van der Waals surface area (Å²) in [6, 6.07) is 16.8. The van der Waals surface area contributed by atoms with Crippen molar-refractivity contribution in [3.63, 3.8) is 0 Å². The lowest BCUT2D eigenvalue weighted by molar-refractivity contribution is -0.150. The summed E-state index contributed by atoms with van der Waals surface area (Å²) in [5, 5.41) is 2.78. The fraction of sp³-hybridized carbons (Fsp3) is 0.263. The maximum Gasteiger partial charge on any atom is 0.344 e. The van der Waals surface area contributed by atoms with Crippen molar-refractivity contribution < 1.29 is 19.1 Å². The summed E-state index contributed by atoms with van der Waals surface area (Å²) < 4.78 is 10.3. The molecule has 0 aliphatic carbocycles. The largest absolute Gasteiger partial charge is 0.482 e. The molecule has 126 valence electrons. The minimum atomic E-state index is -0.583. The van der Waals surface area contributed by atoms with E-state index in [0.29, 0.717) is 5.75 Å². The predicted molar refractivity (Wildman–Crippen MR) is 90.6 cm³/mol. The van der Waals surface area contributed by atoms with E-state index in [1.165, 1.54) is 0 Å². The summed E-state index contributed by atoms with van der Waals surface area (Å²) in [6.07, 6.45) is 0. The van der Waals surface area contributed by atoms with E-state index in [-0.39, 0.29) is 25.2 Å². The second-order valence-corrected chi connectivity index (χ2v) is 5.41. The number of para-hydroxylation sites is 1. The molecule has 0 saturated heterocycles. The Hall–Kier alpha value is -2.82. The van der Waals surface area contributed by atoms with Crippen molar-refractivity contribution in [1.29, 1.82) is 0 Å². The van der Waals surface area contributed by atoms with Gasteiger partial charge in [0.25, 0.3) is 5.91 Å². The Morgan fingerprint density at radius 1 is 1.00 bits per heavy atom. The molecule has 0 radical (unpaired) electrons. The van der Waals surface area contributed by atoms with Crippen molar-refractivity contribution in [3.05, 3.63) is 65.7 Å². The molecule has 0 aliphatic rings. The average molecular weight is 327 g/mol. The molecule has 1 amide bonds. The molecule has 0 aromatic heterocycles. The number of aryl methyl sites for hydroxylation is 1. The van der Waals surface area contributed by atoms with Crippen LogP contribution in [-0.2, 0) is 14.3 Å². The number of ether oxygens (including phenoxy) is 2. The monoisotopic (exact) mass is 327 g/mol. The lowest BCUT2D eigenvalue weighted by atomic mass is 10.1. The van der Waals surface area contributed by atoms with Crippen LogP contribution in [0.3, 0.4) is 0 Å². The van der Waals surface area contributed by atoms with Gasteiger partial charge in [-0.1, -0.05) is 48.5 Å². The van der Waals surface area contributed by atoms with Crippen LogP contribution in [0.4, 0.5) is 0 Å². The van der Waals surface area contributed by atoms with E-state index in [0.717, 1.165) is 11.1 Å². The number of esters is 1. The third kappa shape index (κ3) is 5.43. The summed E-state index contributed by atoms with van der Waals surface area (Å²) in [7, 11) is 0. The van der Waals surface area contributed by atoms with Crippen LogP contribution in [0.1, 0.15) is 24.1 Å². The topological polar surface area (TPSA) is 64.6 Å². The van der Waals surface area contributed by atoms with Gasteiger partial charge in [-0.3, -0.25) is 4.79 Å². The van der Waals surface area contributed by atoms with Gasteiger partial charge in [-0.2, -0.15) is 0 Å². The summed E-state index contributed by atoms with van der Waals surface area (Å²) in [4.78, 5) is 23.5. The van der Waals surface area contributed by atoms with Crippen molar-refractivity contribution in [2.24, 2.45) is 0 Å². The summed E-state index contributed by atoms with van der Waals surface area (Å²) in [5.41, 5.74) is 1.92. The standard InChI is InChI=1S/C19H21NO4/c1-14-8-6-7-11-17(14)23-13-19(22)24-12-18(21)20-15(2)16-9-4-3-5-10-16/h3-11,15H,12-13H2,1-2H3,(H,20,21)/t15-/m0/s1. The van der Waals surface area contributed by atoms with Crippen molar-refractivity contribution >= 4 is 11.9 Å². The van der Waals surface area contributed by atoms with Gasteiger partial charge in [-0.15, -0.1) is 0 Å². The van der Waals surface area contributed by atoms with Crippen LogP contribution in [-0.4, -0.2) is 25.1 Å². The highest BCUT2D eigenvalue weighted by Crippen LogP contribution is 2.16. The van der Waals surface area contributed by atoms with Crippen LogP contribution in [0.5, 0.6) is 5.75 Å². The number of hydrogen-bond acceptors (Lipinski definition) is 4. The zero-order valence-electron chi connectivity index (χ0n) is 13.8. The van der Waals surface area contributed by atoms with Gasteiger partial charge < -0.3 is 14.8 Å². The highest BCUT2D eigenvalue weighted by molar-refractivity contribution is 5.81. The molecule has 0 bridgehead atoms. The number of carbonyl (C=O) groups is 2. The fourth-order valence-electron chi connectivity index (χ4n) is 2.15. The fourth-order valence-corrected chi connectivity index (χ4v) is 2.15. The molecule has 2 rings (SSSR count). The second kappa shape index (κ2) is 8.72. The Bertz CT molecular complexity index is 685. The lowest BCUT2D eigenvalue weighted by Crippen LogP contribution is -2.31. The second-order valence-electron chi connectivity index (χ2n) is 5.41. The van der Waals surface area contributed by atoms with Gasteiger partial charge in [0, 0.05) is 0 Å². The Kier molecular flexibility index (Phi) is 6.37. The zero-order chi connectivity index (χ0) is 17.4. The first-order valence-corrected chi connectivity index (χ1v) is 7.74. The van der Waals surface area contributed by atoms with E-state index in [1.54, 1.807) is 6.07 Å². The number of benzene rings is 2. The van der Waals surface area contributed by atoms with Gasteiger partial charge in [0.2, 0.25) is 0 Å². The van der Waals surface area contributed by atoms with Crippen molar-refractivity contribution in [3.8, 4) is 5.75 Å². The van der Waals surface area contributed by atoms with Crippen LogP contribution in [0.15, 0.2) is 54.6 Å². The number of amides is 1. The summed E-state index contributed by atoms with van der Waals surface area (Å²) in [6.45, 7) is 3.20. The zero-order valence-corrected chi connectivity index (χ0v) is 13.8. The van der Waals surface area contributed by atoms with Gasteiger partial charge >= 0.3 is 5.97 Å². The van der Waals surface area contributed by atoms with E-state index in [9.17, 15) is 9.59 Å². The normalized spacial score (nSPS) is 11.4. The van der Waals surface area contributed by atoms with Crippen LogP contribution >= 0.6 is 0 Å². The molecule has 0 spiro atoms. The van der Waals surface area contributed by atoms with Crippen molar-refractivity contribution in [1.82, 2.24) is 5.32 Å². The van der Waals surface area contributed by atoms with E-state index >= 15 is 0 Å². The minimum absolute atomic E-state index is 0.152. The smallest absolute Gasteiger partial charge is 0.344 e. The number of carbonyl (C=O) groups excluding carboxylic acids is 2. The highest BCUT2D eigenvalue weighted by atomic mass is 16.6. The molecule has 0 aliphatic heterocycles. The molecule has 24 heavy (non-hydrogen) atoms. The molecule has 2 aromatic carbocycles. The number of nitrogens with one attached hydrogen (secondary N) is 1. The first-order valence-electron chi connectivity index (χ1n) is 7.74. The maximum atomic E-state index is 11.8. The van der Waals surface area contributed by atoms with Gasteiger partial charge in [0.15, 0.2) is 13.2 Å². The Morgan fingerprint density at radius 2 is 1.67 bits per heavy atom. The molecule has 0 saturated carbocycles. The average Bonchev–Trinajstić information content (AvgIpc) is 2.60. The molecule has 1 atom stereocenters. The highest BCUT2D eigenvalue weighted by Gasteiger charge is 2.12. The van der Waals surface area contributed by atoms with Crippen LogP contribution in [0, 0.1) is 6.92 Å². The molecule has 1 N–H and O–H groups in total. The summed E-state index contributed by atoms with van der Waals surface area (Å²) >= 11 is 0. The minimum Gasteiger partial charge on any atom is -0.482 e. The molecule has 0 unspecified atom stereocenters. The van der Waals surface area contributed by atoms with Crippen LogP contribution in [0.25, 0.3) is 0 Å². The summed E-state index contributed by atoms with van der Waals surface area (Å²) in [5.74, 6) is -0.312. The Morgan fingerprint density at radius 3 is 2.38 bits per heavy atom.